The number of piperidine rings is 1. The van der Waals surface area contributed by atoms with Crippen LogP contribution in [0.1, 0.15) is 33.8 Å². The van der Waals surface area contributed by atoms with E-state index in [4.69, 9.17) is 10.5 Å². The molecule has 2 atom stereocenters. The van der Waals surface area contributed by atoms with Crippen LogP contribution in [-0.4, -0.2) is 38.1 Å². The van der Waals surface area contributed by atoms with Gasteiger partial charge in [0.15, 0.2) is 0 Å². The lowest BCUT2D eigenvalue weighted by Crippen LogP contribution is -2.57. The number of carbonyl (C=O) groups excluding carboxylic acids is 1. The zero-order chi connectivity index (χ0) is 14.3. The Morgan fingerprint density at radius 3 is 2.55 bits per heavy atom. The van der Waals surface area contributed by atoms with Crippen LogP contribution in [0.15, 0.2) is 12.1 Å². The van der Waals surface area contributed by atoms with Crippen LogP contribution in [0.25, 0.3) is 0 Å². The molecule has 1 aliphatic carbocycles. The molecule has 1 saturated heterocycles. The summed E-state index contributed by atoms with van der Waals surface area (Å²) in [6, 6.07) is 3.89. The van der Waals surface area contributed by atoms with Crippen molar-refractivity contribution in [1.29, 1.82) is 0 Å². The van der Waals surface area contributed by atoms with E-state index in [1.54, 1.807) is 0 Å². The number of nitrogens with two attached hydrogens (primary N) is 1. The van der Waals surface area contributed by atoms with Gasteiger partial charge in [0.05, 0.1) is 4.88 Å². The average molecular weight is 294 g/mol. The monoisotopic (exact) mass is 294 g/mol. The van der Waals surface area contributed by atoms with E-state index in [2.05, 4.69) is 11.9 Å². The Hall–Kier alpha value is -0.910. The average Bonchev–Trinajstić information content (AvgIpc) is 2.88. The lowest BCUT2D eigenvalue weighted by atomic mass is 9.64. The normalized spacial score (nSPS) is 34.1. The third-order valence-corrected chi connectivity index (χ3v) is 6.19. The minimum atomic E-state index is -0.342. The standard InChI is InChI=1S/C15H22N2O2S/c1-17-8-10-4-3-5-11(9-17)15(10,19-2)13-7-6-12(20-13)14(16)18/h6-7,10-11H,3-5,8-9H2,1-2H3,(H2,16,18). The van der Waals surface area contributed by atoms with Gasteiger partial charge < -0.3 is 15.4 Å². The van der Waals surface area contributed by atoms with Crippen molar-refractivity contribution >= 4 is 17.2 Å². The predicted molar refractivity (Wildman–Crippen MR) is 79.9 cm³/mol. The first-order valence-corrected chi connectivity index (χ1v) is 8.03. The Balaban J connectivity index is 2.03. The number of hydrogen-bond acceptors (Lipinski definition) is 4. The number of ether oxygens (including phenoxy) is 1. The third-order valence-electron chi connectivity index (χ3n) is 4.95. The van der Waals surface area contributed by atoms with Gasteiger partial charge >= 0.3 is 0 Å². The molecule has 1 aromatic rings. The van der Waals surface area contributed by atoms with Crippen molar-refractivity contribution in [3.63, 3.8) is 0 Å². The molecule has 1 amide bonds. The summed E-state index contributed by atoms with van der Waals surface area (Å²) >= 11 is 1.51. The summed E-state index contributed by atoms with van der Waals surface area (Å²) in [5.74, 6) is 0.666. The molecule has 0 spiro atoms. The summed E-state index contributed by atoms with van der Waals surface area (Å²) in [5.41, 5.74) is 5.18. The molecule has 110 valence electrons. The number of fused-ring (bicyclic) bond motifs is 2. The highest BCUT2D eigenvalue weighted by molar-refractivity contribution is 7.14. The molecule has 2 aliphatic rings. The Labute approximate surface area is 123 Å². The molecule has 2 fully saturated rings. The van der Waals surface area contributed by atoms with Crippen LogP contribution in [-0.2, 0) is 10.3 Å². The predicted octanol–water partition coefficient (Wildman–Crippen LogP) is 2.05. The van der Waals surface area contributed by atoms with Gasteiger partial charge in [0, 0.05) is 36.9 Å². The van der Waals surface area contributed by atoms with E-state index >= 15 is 0 Å². The number of amides is 1. The van der Waals surface area contributed by atoms with Crippen molar-refractivity contribution < 1.29 is 9.53 Å². The second kappa shape index (κ2) is 5.13. The maximum absolute atomic E-state index is 11.4. The summed E-state index contributed by atoms with van der Waals surface area (Å²) in [4.78, 5) is 15.6. The van der Waals surface area contributed by atoms with Gasteiger partial charge in [-0.1, -0.05) is 6.42 Å². The molecule has 3 rings (SSSR count). The molecule has 2 heterocycles. The van der Waals surface area contributed by atoms with E-state index in [1.165, 1.54) is 35.5 Å². The number of primary amides is 1. The summed E-state index contributed by atoms with van der Waals surface area (Å²) in [6.07, 6.45) is 3.67. The van der Waals surface area contributed by atoms with E-state index in [1.807, 2.05) is 19.2 Å². The topological polar surface area (TPSA) is 55.6 Å². The number of methoxy groups -OCH3 is 1. The smallest absolute Gasteiger partial charge is 0.258 e. The van der Waals surface area contributed by atoms with Crippen LogP contribution < -0.4 is 5.73 Å². The van der Waals surface area contributed by atoms with E-state index in [0.717, 1.165) is 13.1 Å². The molecule has 2 bridgehead atoms. The summed E-state index contributed by atoms with van der Waals surface area (Å²) in [5, 5.41) is 0. The van der Waals surface area contributed by atoms with Crippen LogP contribution in [0, 0.1) is 11.8 Å². The number of thiophene rings is 1. The van der Waals surface area contributed by atoms with Crippen molar-refractivity contribution in [3.05, 3.63) is 21.9 Å². The largest absolute Gasteiger partial charge is 0.372 e. The van der Waals surface area contributed by atoms with Crippen LogP contribution in [0.5, 0.6) is 0 Å². The number of hydrogen-bond donors (Lipinski definition) is 1. The van der Waals surface area contributed by atoms with Gasteiger partial charge in [0.25, 0.3) is 5.91 Å². The minimum Gasteiger partial charge on any atom is -0.372 e. The van der Waals surface area contributed by atoms with Crippen LogP contribution in [0.4, 0.5) is 0 Å². The minimum absolute atomic E-state index is 0.219. The molecular weight excluding hydrogens is 272 g/mol. The van der Waals surface area contributed by atoms with Crippen molar-refractivity contribution in [2.45, 2.75) is 24.9 Å². The van der Waals surface area contributed by atoms with Gasteiger partial charge in [-0.2, -0.15) is 0 Å². The van der Waals surface area contributed by atoms with Crippen molar-refractivity contribution in [1.82, 2.24) is 4.90 Å². The SMILES string of the molecule is COC1(c2ccc(C(N)=O)s2)C2CCCC1CN(C)C2. The van der Waals surface area contributed by atoms with Gasteiger partial charge in [-0.05, 0) is 32.0 Å². The fourth-order valence-electron chi connectivity index (χ4n) is 4.17. The Bertz CT molecular complexity index is 500. The van der Waals surface area contributed by atoms with E-state index in [9.17, 15) is 4.79 Å². The molecule has 1 aromatic heterocycles. The van der Waals surface area contributed by atoms with E-state index in [0.29, 0.717) is 16.7 Å². The molecule has 2 unspecified atom stereocenters. The molecule has 0 aromatic carbocycles. The van der Waals surface area contributed by atoms with Gasteiger partial charge in [0.1, 0.15) is 5.60 Å². The molecule has 20 heavy (non-hydrogen) atoms. The lowest BCUT2D eigenvalue weighted by molar-refractivity contribution is -0.163. The second-order valence-corrected chi connectivity index (χ2v) is 7.16. The van der Waals surface area contributed by atoms with Crippen molar-refractivity contribution in [2.75, 3.05) is 27.2 Å². The molecule has 2 N–H and O–H groups in total. The highest BCUT2D eigenvalue weighted by Gasteiger charge is 2.53. The molecular formula is C15H22N2O2S. The summed E-state index contributed by atoms with van der Waals surface area (Å²) < 4.78 is 6.10. The highest BCUT2D eigenvalue weighted by atomic mass is 32.1. The van der Waals surface area contributed by atoms with Crippen LogP contribution in [0.3, 0.4) is 0 Å². The highest BCUT2D eigenvalue weighted by Crippen LogP contribution is 2.52. The maximum atomic E-state index is 11.4. The number of likely N-dealkylation sites (tertiary alicyclic amines) is 1. The molecule has 1 aliphatic heterocycles. The molecule has 1 saturated carbocycles. The first-order valence-electron chi connectivity index (χ1n) is 7.21. The maximum Gasteiger partial charge on any atom is 0.258 e. The first-order chi connectivity index (χ1) is 9.57. The fraction of sp³-hybridized carbons (Fsp3) is 0.667. The molecule has 0 radical (unpaired) electrons. The van der Waals surface area contributed by atoms with Crippen LogP contribution >= 0.6 is 11.3 Å². The third kappa shape index (κ3) is 2.00. The first kappa shape index (κ1) is 14.0. The molecule has 4 nitrogen and oxygen atoms in total. The van der Waals surface area contributed by atoms with Gasteiger partial charge in [-0.3, -0.25) is 4.79 Å². The van der Waals surface area contributed by atoms with Gasteiger partial charge in [-0.25, -0.2) is 0 Å². The van der Waals surface area contributed by atoms with Gasteiger partial charge in [-0.15, -0.1) is 11.3 Å². The zero-order valence-corrected chi connectivity index (χ0v) is 12.9. The second-order valence-electron chi connectivity index (χ2n) is 6.07. The van der Waals surface area contributed by atoms with Crippen molar-refractivity contribution in [3.8, 4) is 0 Å². The Kier molecular flexibility index (Phi) is 3.60. The fourth-order valence-corrected chi connectivity index (χ4v) is 5.36. The Morgan fingerprint density at radius 1 is 1.40 bits per heavy atom. The summed E-state index contributed by atoms with van der Waals surface area (Å²) in [7, 11) is 4.01. The van der Waals surface area contributed by atoms with Gasteiger partial charge in [0.2, 0.25) is 0 Å². The van der Waals surface area contributed by atoms with E-state index in [-0.39, 0.29) is 11.5 Å². The number of nitrogens with zero attached hydrogens (tertiary/aromatic N) is 1. The van der Waals surface area contributed by atoms with E-state index < -0.39 is 0 Å². The lowest BCUT2D eigenvalue weighted by Gasteiger charge is -2.54. The zero-order valence-electron chi connectivity index (χ0n) is 12.1. The molecule has 5 heteroatoms. The summed E-state index contributed by atoms with van der Waals surface area (Å²) in [6.45, 7) is 2.13. The quantitative estimate of drug-likeness (QED) is 0.928. The number of carbonyl (C=O) groups is 1. The number of rotatable bonds is 3. The van der Waals surface area contributed by atoms with Crippen LogP contribution in [0.2, 0.25) is 0 Å². The Morgan fingerprint density at radius 2 is 2.05 bits per heavy atom. The van der Waals surface area contributed by atoms with Crippen molar-refractivity contribution in [2.24, 2.45) is 17.6 Å².